The molecule has 6 heteroatoms. The Morgan fingerprint density at radius 1 is 1.00 bits per heavy atom. The zero-order chi connectivity index (χ0) is 15.5. The standard InChI is InChI=1S/C18H19N3O.2ClH/c1-21(2)15-4-3-5-16(11-15)22-12-13-6-7-14-8-9-18(19)20-17(14)10-13;;/h3-11H,12H2,1-2H3,(H2,19,20);2*1H. The molecule has 4 nitrogen and oxygen atoms in total. The zero-order valence-corrected chi connectivity index (χ0v) is 15.2. The van der Waals surface area contributed by atoms with Crippen LogP contribution in [0.5, 0.6) is 5.75 Å². The van der Waals surface area contributed by atoms with Crippen LogP contribution in [0, 0.1) is 0 Å². The summed E-state index contributed by atoms with van der Waals surface area (Å²) in [6.45, 7) is 0.503. The van der Waals surface area contributed by atoms with E-state index in [-0.39, 0.29) is 24.8 Å². The molecule has 0 amide bonds. The van der Waals surface area contributed by atoms with Crippen molar-refractivity contribution in [1.82, 2.24) is 4.98 Å². The van der Waals surface area contributed by atoms with Crippen LogP contribution in [0.15, 0.2) is 54.6 Å². The second-order valence-corrected chi connectivity index (χ2v) is 5.44. The van der Waals surface area contributed by atoms with Gasteiger partial charge in [0, 0.05) is 31.2 Å². The molecule has 1 aromatic heterocycles. The van der Waals surface area contributed by atoms with E-state index in [1.165, 1.54) is 0 Å². The van der Waals surface area contributed by atoms with Crippen LogP contribution in [0.2, 0.25) is 0 Å². The Labute approximate surface area is 154 Å². The van der Waals surface area contributed by atoms with Crippen molar-refractivity contribution in [2.75, 3.05) is 24.7 Å². The van der Waals surface area contributed by atoms with Crippen molar-refractivity contribution < 1.29 is 4.74 Å². The first-order chi connectivity index (χ1) is 10.6. The third-order valence-electron chi connectivity index (χ3n) is 3.52. The molecule has 3 rings (SSSR count). The average Bonchev–Trinajstić information content (AvgIpc) is 2.52. The summed E-state index contributed by atoms with van der Waals surface area (Å²) in [4.78, 5) is 6.40. The van der Waals surface area contributed by atoms with E-state index in [0.29, 0.717) is 12.4 Å². The number of pyridine rings is 1. The van der Waals surface area contributed by atoms with E-state index in [2.05, 4.69) is 22.0 Å². The summed E-state index contributed by atoms with van der Waals surface area (Å²) < 4.78 is 5.88. The summed E-state index contributed by atoms with van der Waals surface area (Å²) in [5, 5.41) is 1.08. The van der Waals surface area contributed by atoms with Crippen molar-refractivity contribution in [3.8, 4) is 5.75 Å². The minimum Gasteiger partial charge on any atom is -0.489 e. The molecular weight excluding hydrogens is 345 g/mol. The average molecular weight is 366 g/mol. The third kappa shape index (κ3) is 4.66. The van der Waals surface area contributed by atoms with Crippen molar-refractivity contribution in [1.29, 1.82) is 0 Å². The van der Waals surface area contributed by atoms with Crippen molar-refractivity contribution >= 4 is 47.2 Å². The molecule has 0 radical (unpaired) electrons. The van der Waals surface area contributed by atoms with E-state index in [1.54, 1.807) is 0 Å². The van der Waals surface area contributed by atoms with Gasteiger partial charge in [0.2, 0.25) is 0 Å². The van der Waals surface area contributed by atoms with Crippen LogP contribution in [-0.2, 0) is 6.61 Å². The maximum Gasteiger partial charge on any atom is 0.124 e. The Morgan fingerprint density at radius 2 is 1.75 bits per heavy atom. The summed E-state index contributed by atoms with van der Waals surface area (Å²) in [6.07, 6.45) is 0. The normalized spacial score (nSPS) is 9.75. The number of rotatable bonds is 4. The third-order valence-corrected chi connectivity index (χ3v) is 3.52. The van der Waals surface area contributed by atoms with Gasteiger partial charge in [-0.1, -0.05) is 18.2 Å². The lowest BCUT2D eigenvalue weighted by Crippen LogP contribution is -2.08. The SMILES string of the molecule is CN(C)c1cccc(OCc2ccc3ccc(N)nc3c2)c1.Cl.Cl. The summed E-state index contributed by atoms with van der Waals surface area (Å²) >= 11 is 0. The van der Waals surface area contributed by atoms with Gasteiger partial charge in [-0.25, -0.2) is 4.98 Å². The zero-order valence-electron chi connectivity index (χ0n) is 13.6. The smallest absolute Gasteiger partial charge is 0.124 e. The van der Waals surface area contributed by atoms with E-state index in [1.807, 2.05) is 56.6 Å². The molecule has 0 unspecified atom stereocenters. The Hall–Kier alpha value is -2.17. The first kappa shape index (κ1) is 19.9. The molecule has 0 bridgehead atoms. The summed E-state index contributed by atoms with van der Waals surface area (Å²) in [6, 6.07) is 17.9. The Bertz CT molecular complexity index is 809. The van der Waals surface area contributed by atoms with Gasteiger partial charge in [-0.2, -0.15) is 0 Å². The molecule has 0 spiro atoms. The highest BCUT2D eigenvalue weighted by atomic mass is 35.5. The van der Waals surface area contributed by atoms with E-state index in [0.717, 1.165) is 27.9 Å². The first-order valence-electron chi connectivity index (χ1n) is 7.17. The van der Waals surface area contributed by atoms with Gasteiger partial charge in [0.15, 0.2) is 0 Å². The topological polar surface area (TPSA) is 51.4 Å². The lowest BCUT2D eigenvalue weighted by atomic mass is 10.1. The van der Waals surface area contributed by atoms with E-state index in [4.69, 9.17) is 10.5 Å². The lowest BCUT2D eigenvalue weighted by Gasteiger charge is -2.14. The predicted molar refractivity (Wildman–Crippen MR) is 106 cm³/mol. The molecule has 24 heavy (non-hydrogen) atoms. The quantitative estimate of drug-likeness (QED) is 0.748. The van der Waals surface area contributed by atoms with E-state index >= 15 is 0 Å². The highest BCUT2D eigenvalue weighted by molar-refractivity contribution is 5.85. The van der Waals surface area contributed by atoms with Crippen LogP contribution in [-0.4, -0.2) is 19.1 Å². The fraction of sp³-hybridized carbons (Fsp3) is 0.167. The number of ether oxygens (including phenoxy) is 1. The second kappa shape index (κ2) is 8.62. The number of halogens is 2. The molecule has 0 saturated heterocycles. The number of aromatic nitrogens is 1. The Balaban J connectivity index is 0.00000144. The largest absolute Gasteiger partial charge is 0.489 e. The molecular formula is C18H21Cl2N3O. The van der Waals surface area contributed by atoms with Gasteiger partial charge in [0.05, 0.1) is 5.52 Å². The highest BCUT2D eigenvalue weighted by Crippen LogP contribution is 2.21. The van der Waals surface area contributed by atoms with Crippen LogP contribution in [0.4, 0.5) is 11.5 Å². The maximum absolute atomic E-state index is 5.88. The number of nitrogens with zero attached hydrogens (tertiary/aromatic N) is 2. The van der Waals surface area contributed by atoms with Crippen molar-refractivity contribution in [3.63, 3.8) is 0 Å². The van der Waals surface area contributed by atoms with Crippen LogP contribution >= 0.6 is 24.8 Å². The highest BCUT2D eigenvalue weighted by Gasteiger charge is 2.02. The maximum atomic E-state index is 5.88. The van der Waals surface area contributed by atoms with Crippen molar-refractivity contribution in [2.24, 2.45) is 0 Å². The van der Waals surface area contributed by atoms with Gasteiger partial charge in [-0.05, 0) is 35.9 Å². The molecule has 0 atom stereocenters. The predicted octanol–water partition coefficient (Wildman–Crippen LogP) is 4.31. The van der Waals surface area contributed by atoms with Crippen LogP contribution < -0.4 is 15.4 Å². The molecule has 0 saturated carbocycles. The van der Waals surface area contributed by atoms with Crippen LogP contribution in [0.1, 0.15) is 5.56 Å². The minimum absolute atomic E-state index is 0. The van der Waals surface area contributed by atoms with Gasteiger partial charge in [0.25, 0.3) is 0 Å². The van der Waals surface area contributed by atoms with Crippen LogP contribution in [0.25, 0.3) is 10.9 Å². The molecule has 0 aliphatic heterocycles. The summed E-state index contributed by atoms with van der Waals surface area (Å²) in [5.74, 6) is 1.39. The molecule has 128 valence electrons. The fourth-order valence-corrected chi connectivity index (χ4v) is 2.29. The molecule has 0 fully saturated rings. The molecule has 1 heterocycles. The van der Waals surface area contributed by atoms with Crippen molar-refractivity contribution in [3.05, 3.63) is 60.2 Å². The number of nitrogens with two attached hydrogens (primary N) is 1. The Morgan fingerprint density at radius 3 is 2.50 bits per heavy atom. The second-order valence-electron chi connectivity index (χ2n) is 5.44. The van der Waals surface area contributed by atoms with Gasteiger partial charge in [0.1, 0.15) is 18.2 Å². The van der Waals surface area contributed by atoms with E-state index < -0.39 is 0 Å². The van der Waals surface area contributed by atoms with Gasteiger partial charge < -0.3 is 15.4 Å². The van der Waals surface area contributed by atoms with E-state index in [9.17, 15) is 0 Å². The Kier molecular flexibility index (Phi) is 7.14. The number of fused-ring (bicyclic) bond motifs is 1. The van der Waals surface area contributed by atoms with Crippen LogP contribution in [0.3, 0.4) is 0 Å². The molecule has 0 aliphatic carbocycles. The number of hydrogen-bond acceptors (Lipinski definition) is 4. The summed E-state index contributed by atoms with van der Waals surface area (Å²) in [7, 11) is 4.02. The van der Waals surface area contributed by atoms with Gasteiger partial charge in [-0.15, -0.1) is 24.8 Å². The number of hydrogen-bond donors (Lipinski definition) is 1. The monoisotopic (exact) mass is 365 g/mol. The fourth-order valence-electron chi connectivity index (χ4n) is 2.29. The molecule has 2 aromatic carbocycles. The summed E-state index contributed by atoms with van der Waals surface area (Å²) in [5.41, 5.74) is 8.82. The lowest BCUT2D eigenvalue weighted by molar-refractivity contribution is 0.306. The van der Waals surface area contributed by atoms with Gasteiger partial charge >= 0.3 is 0 Å². The van der Waals surface area contributed by atoms with Crippen molar-refractivity contribution in [2.45, 2.75) is 6.61 Å². The molecule has 2 N–H and O–H groups in total. The number of benzene rings is 2. The minimum atomic E-state index is 0. The molecule has 3 aromatic rings. The molecule has 0 aliphatic rings. The number of nitrogen functional groups attached to an aromatic ring is 1. The van der Waals surface area contributed by atoms with Gasteiger partial charge in [-0.3, -0.25) is 0 Å². The first-order valence-corrected chi connectivity index (χ1v) is 7.17. The number of anilines is 2.